The smallest absolute Gasteiger partial charge is 0.344 e. The summed E-state index contributed by atoms with van der Waals surface area (Å²) in [6, 6.07) is 27.6. The van der Waals surface area contributed by atoms with Gasteiger partial charge in [0.15, 0.2) is 6.61 Å². The average molecular weight is 452 g/mol. The second-order valence-corrected chi connectivity index (χ2v) is 7.63. The number of carbonyl (C=O) groups is 1. The molecule has 1 aromatic heterocycles. The van der Waals surface area contributed by atoms with Gasteiger partial charge >= 0.3 is 5.97 Å². The van der Waals surface area contributed by atoms with E-state index in [1.54, 1.807) is 24.3 Å². The van der Waals surface area contributed by atoms with Gasteiger partial charge in [-0.1, -0.05) is 60.7 Å². The summed E-state index contributed by atoms with van der Waals surface area (Å²) >= 11 is 0. The van der Waals surface area contributed by atoms with Crippen LogP contribution in [-0.4, -0.2) is 12.6 Å². The van der Waals surface area contributed by atoms with Crippen molar-refractivity contribution < 1.29 is 23.4 Å². The highest BCUT2D eigenvalue weighted by Crippen LogP contribution is 2.26. The molecule has 6 heteroatoms. The molecular formula is C28H20O6. The second-order valence-electron chi connectivity index (χ2n) is 7.63. The van der Waals surface area contributed by atoms with Gasteiger partial charge in [0, 0.05) is 6.07 Å². The van der Waals surface area contributed by atoms with E-state index in [0.717, 1.165) is 16.3 Å². The van der Waals surface area contributed by atoms with Crippen LogP contribution in [0.4, 0.5) is 0 Å². The van der Waals surface area contributed by atoms with Crippen LogP contribution in [0.3, 0.4) is 0 Å². The lowest BCUT2D eigenvalue weighted by molar-refractivity contribution is -0.147. The third-order valence-corrected chi connectivity index (χ3v) is 5.26. The summed E-state index contributed by atoms with van der Waals surface area (Å²) in [5.41, 5.74) is 0.916. The molecule has 0 bridgehead atoms. The SMILES string of the molecule is O=C(COc1ccc2c(=O)c(Oc3ccc4ccccc4c3)coc2c1)OCc1ccccc1. The summed E-state index contributed by atoms with van der Waals surface area (Å²) in [7, 11) is 0. The Kier molecular flexibility index (Phi) is 5.95. The number of esters is 1. The topological polar surface area (TPSA) is 75.0 Å². The van der Waals surface area contributed by atoms with Gasteiger partial charge in [-0.05, 0) is 40.6 Å². The molecule has 0 amide bonds. The fourth-order valence-corrected chi connectivity index (χ4v) is 3.53. The molecule has 5 rings (SSSR count). The van der Waals surface area contributed by atoms with Crippen molar-refractivity contribution in [2.75, 3.05) is 6.61 Å². The molecule has 0 fully saturated rings. The van der Waals surface area contributed by atoms with E-state index >= 15 is 0 Å². The molecule has 0 unspecified atom stereocenters. The van der Waals surface area contributed by atoms with Crippen molar-refractivity contribution >= 4 is 27.7 Å². The zero-order valence-corrected chi connectivity index (χ0v) is 18.1. The molecule has 0 radical (unpaired) electrons. The Morgan fingerprint density at radius 2 is 1.56 bits per heavy atom. The summed E-state index contributed by atoms with van der Waals surface area (Å²) in [6.07, 6.45) is 1.28. The number of rotatable bonds is 7. The molecule has 1 heterocycles. The zero-order chi connectivity index (χ0) is 23.3. The Morgan fingerprint density at radius 3 is 2.41 bits per heavy atom. The molecule has 34 heavy (non-hydrogen) atoms. The highest BCUT2D eigenvalue weighted by Gasteiger charge is 2.12. The largest absolute Gasteiger partial charge is 0.482 e. The lowest BCUT2D eigenvalue weighted by Crippen LogP contribution is -2.14. The molecular weight excluding hydrogens is 432 g/mol. The van der Waals surface area contributed by atoms with Gasteiger partial charge in [0.05, 0.1) is 5.39 Å². The maximum absolute atomic E-state index is 12.9. The van der Waals surface area contributed by atoms with Crippen molar-refractivity contribution in [1.82, 2.24) is 0 Å². The number of hydrogen-bond donors (Lipinski definition) is 0. The fourth-order valence-electron chi connectivity index (χ4n) is 3.53. The summed E-state index contributed by atoms with van der Waals surface area (Å²) < 4.78 is 22.1. The first-order chi connectivity index (χ1) is 16.7. The number of benzene rings is 4. The van der Waals surface area contributed by atoms with Gasteiger partial charge in [-0.3, -0.25) is 4.79 Å². The average Bonchev–Trinajstić information content (AvgIpc) is 2.88. The minimum Gasteiger partial charge on any atom is -0.482 e. The third-order valence-electron chi connectivity index (χ3n) is 5.26. The van der Waals surface area contributed by atoms with E-state index in [1.807, 2.05) is 66.7 Å². The van der Waals surface area contributed by atoms with Gasteiger partial charge in [-0.25, -0.2) is 4.79 Å². The first-order valence-corrected chi connectivity index (χ1v) is 10.7. The van der Waals surface area contributed by atoms with Gasteiger partial charge in [0.25, 0.3) is 0 Å². The van der Waals surface area contributed by atoms with Crippen molar-refractivity contribution in [3.63, 3.8) is 0 Å². The van der Waals surface area contributed by atoms with E-state index in [2.05, 4.69) is 0 Å². The van der Waals surface area contributed by atoms with Crippen LogP contribution < -0.4 is 14.9 Å². The highest BCUT2D eigenvalue weighted by molar-refractivity contribution is 5.84. The van der Waals surface area contributed by atoms with Crippen LogP contribution in [0.15, 0.2) is 106 Å². The third kappa shape index (κ3) is 4.76. The van der Waals surface area contributed by atoms with E-state index in [4.69, 9.17) is 18.6 Å². The molecule has 0 saturated carbocycles. The van der Waals surface area contributed by atoms with E-state index in [-0.39, 0.29) is 24.4 Å². The monoisotopic (exact) mass is 452 g/mol. The van der Waals surface area contributed by atoms with Crippen molar-refractivity contribution in [3.8, 4) is 17.2 Å². The zero-order valence-electron chi connectivity index (χ0n) is 18.1. The van der Waals surface area contributed by atoms with Crippen molar-refractivity contribution in [1.29, 1.82) is 0 Å². The predicted octanol–water partition coefficient (Wildman–Crippen LogP) is 5.86. The minimum atomic E-state index is -0.496. The van der Waals surface area contributed by atoms with Gasteiger partial charge in [-0.2, -0.15) is 0 Å². The Labute approximate surface area is 194 Å². The van der Waals surface area contributed by atoms with Gasteiger partial charge in [-0.15, -0.1) is 0 Å². The summed E-state index contributed by atoms with van der Waals surface area (Å²) in [5.74, 6) is 0.514. The maximum atomic E-state index is 12.9. The molecule has 0 atom stereocenters. The Bertz CT molecular complexity index is 1520. The standard InChI is InChI=1S/C28H20O6/c29-27(33-16-19-6-2-1-3-7-19)18-31-22-12-13-24-25(15-22)32-17-26(28(24)30)34-23-11-10-20-8-4-5-9-21(20)14-23/h1-15,17H,16,18H2. The molecule has 6 nitrogen and oxygen atoms in total. The Hall–Kier alpha value is -4.58. The van der Waals surface area contributed by atoms with Gasteiger partial charge in [0.1, 0.15) is 30.0 Å². The van der Waals surface area contributed by atoms with Crippen molar-refractivity contribution in [3.05, 3.63) is 113 Å². The van der Waals surface area contributed by atoms with Crippen LogP contribution in [0.5, 0.6) is 17.2 Å². The van der Waals surface area contributed by atoms with Crippen LogP contribution in [-0.2, 0) is 16.1 Å². The summed E-state index contributed by atoms with van der Waals surface area (Å²) in [5, 5.41) is 2.43. The Morgan fingerprint density at radius 1 is 0.794 bits per heavy atom. The van der Waals surface area contributed by atoms with Crippen LogP contribution in [0.1, 0.15) is 5.56 Å². The van der Waals surface area contributed by atoms with Crippen LogP contribution >= 0.6 is 0 Å². The van der Waals surface area contributed by atoms with Crippen LogP contribution in [0.2, 0.25) is 0 Å². The molecule has 0 spiro atoms. The quantitative estimate of drug-likeness (QED) is 0.288. The molecule has 0 N–H and O–H groups in total. The van der Waals surface area contributed by atoms with E-state index in [1.165, 1.54) is 6.26 Å². The maximum Gasteiger partial charge on any atom is 0.344 e. The second kappa shape index (κ2) is 9.50. The van der Waals surface area contributed by atoms with E-state index in [0.29, 0.717) is 22.5 Å². The predicted molar refractivity (Wildman–Crippen MR) is 128 cm³/mol. The molecule has 0 aliphatic heterocycles. The molecule has 0 aliphatic rings. The molecule has 0 aliphatic carbocycles. The summed E-state index contributed by atoms with van der Waals surface area (Å²) in [6.45, 7) is -0.0820. The summed E-state index contributed by atoms with van der Waals surface area (Å²) in [4.78, 5) is 24.9. The van der Waals surface area contributed by atoms with Crippen LogP contribution in [0, 0.1) is 0 Å². The number of carbonyl (C=O) groups excluding carboxylic acids is 1. The number of ether oxygens (including phenoxy) is 3. The van der Waals surface area contributed by atoms with E-state index in [9.17, 15) is 9.59 Å². The fraction of sp³-hybridized carbons (Fsp3) is 0.0714. The first kappa shape index (κ1) is 21.3. The molecule has 5 aromatic rings. The lowest BCUT2D eigenvalue weighted by Gasteiger charge is -2.09. The van der Waals surface area contributed by atoms with E-state index < -0.39 is 5.97 Å². The van der Waals surface area contributed by atoms with Crippen molar-refractivity contribution in [2.24, 2.45) is 0 Å². The number of hydrogen-bond acceptors (Lipinski definition) is 6. The molecule has 168 valence electrons. The minimum absolute atomic E-state index is 0.0842. The molecule has 4 aromatic carbocycles. The van der Waals surface area contributed by atoms with Gasteiger partial charge < -0.3 is 18.6 Å². The number of fused-ring (bicyclic) bond motifs is 2. The normalized spacial score (nSPS) is 10.8. The van der Waals surface area contributed by atoms with Gasteiger partial charge in [0.2, 0.25) is 11.2 Å². The lowest BCUT2D eigenvalue weighted by atomic mass is 10.1. The first-order valence-electron chi connectivity index (χ1n) is 10.7. The highest BCUT2D eigenvalue weighted by atomic mass is 16.6. The Balaban J connectivity index is 1.26. The van der Waals surface area contributed by atoms with Crippen LogP contribution in [0.25, 0.3) is 21.7 Å². The molecule has 0 saturated heterocycles. The van der Waals surface area contributed by atoms with Crippen molar-refractivity contribution in [2.45, 2.75) is 6.61 Å².